The van der Waals surface area contributed by atoms with Crippen LogP contribution in [-0.2, 0) is 23.1 Å². The standard InChI is InChI=1S/C18H16ClN5O4/c1-10-8-22-14-15(20-17(22)24(10)12-7-5-4-6-11(12)19)21(2)18(27)23(16(14)26)9-13(25)28-3/h4-8H,9H2,1-3H3. The molecule has 3 aromatic heterocycles. The van der Waals surface area contributed by atoms with E-state index < -0.39 is 23.8 Å². The van der Waals surface area contributed by atoms with Gasteiger partial charge in [-0.15, -0.1) is 0 Å². The van der Waals surface area contributed by atoms with Crippen molar-refractivity contribution in [3.05, 3.63) is 62.0 Å². The van der Waals surface area contributed by atoms with Gasteiger partial charge in [-0.2, -0.15) is 4.98 Å². The van der Waals surface area contributed by atoms with E-state index in [0.717, 1.165) is 10.3 Å². The third-order valence-electron chi connectivity index (χ3n) is 4.63. The van der Waals surface area contributed by atoms with Crippen LogP contribution in [0.15, 0.2) is 40.1 Å². The lowest BCUT2D eigenvalue weighted by molar-refractivity contribution is -0.141. The number of halogens is 1. The van der Waals surface area contributed by atoms with Crippen LogP contribution in [0.25, 0.3) is 22.6 Å². The number of hydrogen-bond donors (Lipinski definition) is 0. The molecule has 9 nitrogen and oxygen atoms in total. The summed E-state index contributed by atoms with van der Waals surface area (Å²) in [7, 11) is 2.69. The van der Waals surface area contributed by atoms with E-state index in [-0.39, 0.29) is 11.2 Å². The van der Waals surface area contributed by atoms with Gasteiger partial charge < -0.3 is 4.74 Å². The molecular formula is C18H16ClN5O4. The van der Waals surface area contributed by atoms with Gasteiger partial charge in [0.15, 0.2) is 11.2 Å². The molecule has 0 atom stereocenters. The van der Waals surface area contributed by atoms with Gasteiger partial charge in [0.25, 0.3) is 5.56 Å². The minimum Gasteiger partial charge on any atom is -0.468 e. The molecule has 0 saturated heterocycles. The van der Waals surface area contributed by atoms with Crippen LogP contribution in [0.2, 0.25) is 5.02 Å². The summed E-state index contributed by atoms with van der Waals surface area (Å²) in [4.78, 5) is 41.7. The molecule has 0 aliphatic carbocycles. The molecule has 0 amide bonds. The zero-order chi connectivity index (χ0) is 20.2. The normalized spacial score (nSPS) is 11.4. The Morgan fingerprint density at radius 3 is 2.64 bits per heavy atom. The van der Waals surface area contributed by atoms with Gasteiger partial charge in [0.1, 0.15) is 6.54 Å². The van der Waals surface area contributed by atoms with Crippen LogP contribution in [0.4, 0.5) is 0 Å². The van der Waals surface area contributed by atoms with Gasteiger partial charge in [0.2, 0.25) is 5.78 Å². The maximum Gasteiger partial charge on any atom is 0.333 e. The number of carbonyl (C=O) groups excluding carboxylic acids is 1. The monoisotopic (exact) mass is 401 g/mol. The molecule has 3 heterocycles. The molecule has 28 heavy (non-hydrogen) atoms. The molecule has 0 spiro atoms. The number of ether oxygens (including phenoxy) is 1. The number of carbonyl (C=O) groups is 1. The van der Waals surface area contributed by atoms with Crippen molar-refractivity contribution >= 4 is 34.5 Å². The molecule has 10 heteroatoms. The van der Waals surface area contributed by atoms with Gasteiger partial charge in [0.05, 0.1) is 17.8 Å². The third-order valence-corrected chi connectivity index (χ3v) is 4.95. The van der Waals surface area contributed by atoms with Gasteiger partial charge in [-0.25, -0.2) is 9.36 Å². The molecule has 0 radical (unpaired) electrons. The molecule has 0 fully saturated rings. The number of fused-ring (bicyclic) bond motifs is 3. The van der Waals surface area contributed by atoms with Crippen LogP contribution in [-0.4, -0.2) is 36.2 Å². The highest BCUT2D eigenvalue weighted by atomic mass is 35.5. The Morgan fingerprint density at radius 2 is 1.96 bits per heavy atom. The van der Waals surface area contributed by atoms with Crippen molar-refractivity contribution in [2.45, 2.75) is 13.5 Å². The van der Waals surface area contributed by atoms with Gasteiger partial charge >= 0.3 is 11.7 Å². The van der Waals surface area contributed by atoms with Crippen LogP contribution in [0.3, 0.4) is 0 Å². The Labute approximate surface area is 163 Å². The Kier molecular flexibility index (Phi) is 4.11. The van der Waals surface area contributed by atoms with Gasteiger partial charge in [-0.3, -0.25) is 23.1 Å². The molecule has 0 aliphatic heterocycles. The zero-order valence-electron chi connectivity index (χ0n) is 15.3. The first kappa shape index (κ1) is 18.1. The average molecular weight is 402 g/mol. The van der Waals surface area contributed by atoms with E-state index in [0.29, 0.717) is 16.5 Å². The predicted octanol–water partition coefficient (Wildman–Crippen LogP) is 1.27. The summed E-state index contributed by atoms with van der Waals surface area (Å²) in [6.45, 7) is 1.38. The molecule has 144 valence electrons. The Balaban J connectivity index is 2.11. The maximum absolute atomic E-state index is 13.0. The number of benzene rings is 1. The van der Waals surface area contributed by atoms with E-state index in [1.54, 1.807) is 21.2 Å². The van der Waals surface area contributed by atoms with E-state index in [2.05, 4.69) is 9.72 Å². The van der Waals surface area contributed by atoms with E-state index >= 15 is 0 Å². The van der Waals surface area contributed by atoms with Crippen LogP contribution >= 0.6 is 11.6 Å². The van der Waals surface area contributed by atoms with Crippen molar-refractivity contribution in [2.24, 2.45) is 7.05 Å². The summed E-state index contributed by atoms with van der Waals surface area (Å²) in [6.07, 6.45) is 1.74. The van der Waals surface area contributed by atoms with Crippen molar-refractivity contribution in [3.8, 4) is 5.69 Å². The molecule has 0 unspecified atom stereocenters. The van der Waals surface area contributed by atoms with Crippen LogP contribution in [0.1, 0.15) is 5.69 Å². The molecule has 4 aromatic rings. The highest BCUT2D eigenvalue weighted by molar-refractivity contribution is 6.32. The van der Waals surface area contributed by atoms with Crippen LogP contribution in [0.5, 0.6) is 0 Å². The topological polar surface area (TPSA) is 92.5 Å². The molecular weight excluding hydrogens is 386 g/mol. The van der Waals surface area contributed by atoms with Gasteiger partial charge in [-0.1, -0.05) is 23.7 Å². The minimum absolute atomic E-state index is 0.190. The molecule has 0 aliphatic rings. The van der Waals surface area contributed by atoms with Crippen molar-refractivity contribution in [3.63, 3.8) is 0 Å². The summed E-state index contributed by atoms with van der Waals surface area (Å²) in [5, 5.41) is 0.521. The molecule has 4 rings (SSSR count). The summed E-state index contributed by atoms with van der Waals surface area (Å²) in [5.41, 5.74) is 0.635. The number of methoxy groups -OCH3 is 1. The number of para-hydroxylation sites is 1. The fourth-order valence-electron chi connectivity index (χ4n) is 3.27. The average Bonchev–Trinajstić information content (AvgIpc) is 3.18. The third kappa shape index (κ3) is 2.47. The first-order chi connectivity index (χ1) is 13.3. The van der Waals surface area contributed by atoms with Crippen molar-refractivity contribution in [1.82, 2.24) is 23.1 Å². The molecule has 0 N–H and O–H groups in total. The van der Waals surface area contributed by atoms with Crippen molar-refractivity contribution in [1.29, 1.82) is 0 Å². The first-order valence-electron chi connectivity index (χ1n) is 8.36. The number of hydrogen-bond acceptors (Lipinski definition) is 5. The van der Waals surface area contributed by atoms with E-state index in [4.69, 9.17) is 11.6 Å². The van der Waals surface area contributed by atoms with Crippen molar-refractivity contribution < 1.29 is 9.53 Å². The largest absolute Gasteiger partial charge is 0.468 e. The van der Waals surface area contributed by atoms with Gasteiger partial charge in [0, 0.05) is 18.9 Å². The van der Waals surface area contributed by atoms with E-state index in [9.17, 15) is 14.4 Å². The second-order valence-electron chi connectivity index (χ2n) is 6.32. The summed E-state index contributed by atoms with van der Waals surface area (Å²) in [6, 6.07) is 7.26. The predicted molar refractivity (Wildman–Crippen MR) is 103 cm³/mol. The number of aryl methyl sites for hydroxylation is 2. The number of rotatable bonds is 3. The number of aromatic nitrogens is 5. The Morgan fingerprint density at radius 1 is 1.25 bits per heavy atom. The Bertz CT molecular complexity index is 1370. The zero-order valence-corrected chi connectivity index (χ0v) is 16.1. The SMILES string of the molecule is COC(=O)Cn1c(=O)c2c(nc3n(-c4ccccc4Cl)c(C)cn23)n(C)c1=O. The summed E-state index contributed by atoms with van der Waals surface area (Å²) >= 11 is 6.34. The first-order valence-corrected chi connectivity index (χ1v) is 8.74. The lowest BCUT2D eigenvalue weighted by Crippen LogP contribution is -2.41. The highest BCUT2D eigenvalue weighted by Crippen LogP contribution is 2.25. The van der Waals surface area contributed by atoms with Crippen LogP contribution < -0.4 is 11.2 Å². The molecule has 1 aromatic carbocycles. The lowest BCUT2D eigenvalue weighted by atomic mass is 10.3. The van der Waals surface area contributed by atoms with Crippen molar-refractivity contribution in [2.75, 3.05) is 7.11 Å². The van der Waals surface area contributed by atoms with E-state index in [1.807, 2.05) is 25.1 Å². The molecule has 0 bridgehead atoms. The number of esters is 1. The van der Waals surface area contributed by atoms with Gasteiger partial charge in [-0.05, 0) is 19.1 Å². The highest BCUT2D eigenvalue weighted by Gasteiger charge is 2.22. The quantitative estimate of drug-likeness (QED) is 0.482. The smallest absolute Gasteiger partial charge is 0.333 e. The Hall–Kier alpha value is -3.33. The number of nitrogens with zero attached hydrogens (tertiary/aromatic N) is 5. The second-order valence-corrected chi connectivity index (χ2v) is 6.73. The molecule has 0 saturated carbocycles. The van der Waals surface area contributed by atoms with E-state index in [1.165, 1.54) is 18.7 Å². The maximum atomic E-state index is 13.0. The second kappa shape index (κ2) is 6.38. The summed E-state index contributed by atoms with van der Waals surface area (Å²) in [5.74, 6) is -0.257. The minimum atomic E-state index is -0.691. The number of imidazole rings is 2. The lowest BCUT2D eigenvalue weighted by Gasteiger charge is -2.07. The fourth-order valence-corrected chi connectivity index (χ4v) is 3.49. The summed E-state index contributed by atoms with van der Waals surface area (Å²) < 4.78 is 10.1. The van der Waals surface area contributed by atoms with Crippen LogP contribution in [0, 0.1) is 6.92 Å². The fraction of sp³-hybridized carbons (Fsp3) is 0.222.